The van der Waals surface area contributed by atoms with E-state index in [0.29, 0.717) is 0 Å². The Hall–Kier alpha value is -1.86. The van der Waals surface area contributed by atoms with Gasteiger partial charge in [-0.2, -0.15) is 0 Å². The van der Waals surface area contributed by atoms with Gasteiger partial charge >= 0.3 is 0 Å². The molecule has 0 spiro atoms. The van der Waals surface area contributed by atoms with Crippen molar-refractivity contribution in [3.63, 3.8) is 0 Å². The number of nitrogens with one attached hydrogen (secondary N) is 2. The molecule has 0 bridgehead atoms. The summed E-state index contributed by atoms with van der Waals surface area (Å²) in [7, 11) is -2.31. The SMILES string of the molecule is CNc1ncccc1S(=O)(=O)Nc1ccc(F)cc1Cl. The van der Waals surface area contributed by atoms with Crippen LogP contribution < -0.4 is 10.0 Å². The zero-order chi connectivity index (χ0) is 14.8. The largest absolute Gasteiger partial charge is 0.372 e. The first kappa shape index (κ1) is 14.5. The average molecular weight is 316 g/mol. The Morgan fingerprint density at radius 3 is 2.70 bits per heavy atom. The lowest BCUT2D eigenvalue weighted by Crippen LogP contribution is -2.15. The Morgan fingerprint density at radius 2 is 2.05 bits per heavy atom. The molecule has 20 heavy (non-hydrogen) atoms. The molecule has 2 N–H and O–H groups in total. The molecule has 1 heterocycles. The van der Waals surface area contributed by atoms with Gasteiger partial charge in [-0.25, -0.2) is 17.8 Å². The van der Waals surface area contributed by atoms with Gasteiger partial charge in [0, 0.05) is 13.2 Å². The van der Waals surface area contributed by atoms with Crippen LogP contribution in [0, 0.1) is 5.82 Å². The normalized spacial score (nSPS) is 11.2. The van der Waals surface area contributed by atoms with E-state index in [0.717, 1.165) is 12.1 Å². The third-order valence-corrected chi connectivity index (χ3v) is 4.18. The monoisotopic (exact) mass is 315 g/mol. The van der Waals surface area contributed by atoms with Crippen molar-refractivity contribution in [2.24, 2.45) is 0 Å². The number of nitrogens with zero attached hydrogens (tertiary/aromatic N) is 1. The van der Waals surface area contributed by atoms with Crippen molar-refractivity contribution in [3.05, 3.63) is 47.4 Å². The Kier molecular flexibility index (Phi) is 4.10. The van der Waals surface area contributed by atoms with E-state index in [4.69, 9.17) is 11.6 Å². The van der Waals surface area contributed by atoms with E-state index in [9.17, 15) is 12.8 Å². The van der Waals surface area contributed by atoms with E-state index in [1.165, 1.54) is 24.4 Å². The number of benzene rings is 1. The first-order valence-electron chi connectivity index (χ1n) is 5.54. The van der Waals surface area contributed by atoms with E-state index in [1.807, 2.05) is 0 Å². The standard InChI is InChI=1S/C12H11ClFN3O2S/c1-15-12-11(3-2-6-16-12)20(18,19)17-10-5-4-8(14)7-9(10)13/h2-7,17H,1H3,(H,15,16). The van der Waals surface area contributed by atoms with Crippen molar-refractivity contribution in [1.82, 2.24) is 4.98 Å². The first-order chi connectivity index (χ1) is 9.44. The summed E-state index contributed by atoms with van der Waals surface area (Å²) < 4.78 is 39.8. The van der Waals surface area contributed by atoms with Crippen molar-refractivity contribution >= 4 is 33.1 Å². The van der Waals surface area contributed by atoms with Crippen molar-refractivity contribution in [3.8, 4) is 0 Å². The molecule has 1 aromatic carbocycles. The zero-order valence-electron chi connectivity index (χ0n) is 10.4. The summed E-state index contributed by atoms with van der Waals surface area (Å²) in [6.07, 6.45) is 1.47. The van der Waals surface area contributed by atoms with Crippen LogP contribution in [0.5, 0.6) is 0 Å². The molecule has 0 radical (unpaired) electrons. The van der Waals surface area contributed by atoms with Gasteiger partial charge in [0.25, 0.3) is 10.0 Å². The second-order valence-electron chi connectivity index (χ2n) is 3.83. The van der Waals surface area contributed by atoms with Crippen molar-refractivity contribution < 1.29 is 12.8 Å². The summed E-state index contributed by atoms with van der Waals surface area (Å²) in [6.45, 7) is 0. The maximum atomic E-state index is 12.9. The topological polar surface area (TPSA) is 71.1 Å². The van der Waals surface area contributed by atoms with Gasteiger partial charge in [0.05, 0.1) is 10.7 Å². The molecule has 0 aliphatic heterocycles. The van der Waals surface area contributed by atoms with E-state index < -0.39 is 15.8 Å². The molecule has 0 saturated heterocycles. The molecule has 0 atom stereocenters. The van der Waals surface area contributed by atoms with Gasteiger partial charge in [0.1, 0.15) is 16.5 Å². The Labute approximate surface area is 120 Å². The third-order valence-electron chi connectivity index (χ3n) is 2.47. The Balaban J connectivity index is 2.41. The van der Waals surface area contributed by atoms with Crippen LogP contribution in [-0.4, -0.2) is 20.4 Å². The summed E-state index contributed by atoms with van der Waals surface area (Å²) in [5, 5.41) is 2.66. The number of rotatable bonds is 4. The average Bonchev–Trinajstić information content (AvgIpc) is 2.42. The highest BCUT2D eigenvalue weighted by molar-refractivity contribution is 7.92. The van der Waals surface area contributed by atoms with Crippen LogP contribution in [0.4, 0.5) is 15.9 Å². The van der Waals surface area contributed by atoms with Crippen molar-refractivity contribution in [2.75, 3.05) is 17.1 Å². The van der Waals surface area contributed by atoms with Crippen molar-refractivity contribution in [2.45, 2.75) is 4.90 Å². The fraction of sp³-hybridized carbons (Fsp3) is 0.0833. The van der Waals surface area contributed by atoms with Crippen LogP contribution in [0.2, 0.25) is 5.02 Å². The summed E-state index contributed by atoms with van der Waals surface area (Å²) in [4.78, 5) is 3.89. The molecule has 0 saturated carbocycles. The van der Waals surface area contributed by atoms with Gasteiger partial charge in [-0.3, -0.25) is 4.72 Å². The van der Waals surface area contributed by atoms with Crippen molar-refractivity contribution in [1.29, 1.82) is 0 Å². The van der Waals surface area contributed by atoms with E-state index in [-0.39, 0.29) is 21.4 Å². The highest BCUT2D eigenvalue weighted by atomic mass is 35.5. The minimum atomic E-state index is -3.87. The predicted molar refractivity (Wildman–Crippen MR) is 76.0 cm³/mol. The number of anilines is 2. The van der Waals surface area contributed by atoms with Gasteiger partial charge in [0.15, 0.2) is 0 Å². The van der Waals surface area contributed by atoms with Crippen LogP contribution in [0.1, 0.15) is 0 Å². The summed E-state index contributed by atoms with van der Waals surface area (Å²) in [5.41, 5.74) is 0.0963. The van der Waals surface area contributed by atoms with Gasteiger partial charge in [0.2, 0.25) is 0 Å². The van der Waals surface area contributed by atoms with Crippen LogP contribution in [-0.2, 0) is 10.0 Å². The van der Waals surface area contributed by atoms with Crippen LogP contribution in [0.3, 0.4) is 0 Å². The van der Waals surface area contributed by atoms with Gasteiger partial charge in [-0.1, -0.05) is 11.6 Å². The fourth-order valence-electron chi connectivity index (χ4n) is 1.57. The molecule has 2 rings (SSSR count). The van der Waals surface area contributed by atoms with Gasteiger partial charge in [-0.05, 0) is 30.3 Å². The van der Waals surface area contributed by atoms with Crippen LogP contribution in [0.25, 0.3) is 0 Å². The summed E-state index contributed by atoms with van der Waals surface area (Å²) in [5.74, 6) is -0.339. The lowest BCUT2D eigenvalue weighted by atomic mass is 10.3. The summed E-state index contributed by atoms with van der Waals surface area (Å²) >= 11 is 5.80. The quantitative estimate of drug-likeness (QED) is 0.910. The number of halogens is 2. The molecule has 0 amide bonds. The van der Waals surface area contributed by atoms with E-state index in [2.05, 4.69) is 15.0 Å². The van der Waals surface area contributed by atoms with Crippen LogP contribution in [0.15, 0.2) is 41.4 Å². The molecule has 0 aliphatic rings. The molecule has 2 aromatic rings. The van der Waals surface area contributed by atoms with E-state index in [1.54, 1.807) is 7.05 Å². The molecule has 0 unspecified atom stereocenters. The number of hydrogen-bond donors (Lipinski definition) is 2. The number of sulfonamides is 1. The van der Waals surface area contributed by atoms with E-state index >= 15 is 0 Å². The third kappa shape index (κ3) is 3.00. The maximum Gasteiger partial charge on any atom is 0.265 e. The molecule has 0 aliphatic carbocycles. The second-order valence-corrected chi connectivity index (χ2v) is 5.89. The highest BCUT2D eigenvalue weighted by Gasteiger charge is 2.20. The predicted octanol–water partition coefficient (Wildman–Crippen LogP) is 2.72. The number of aromatic nitrogens is 1. The minimum Gasteiger partial charge on any atom is -0.372 e. The van der Waals surface area contributed by atoms with Gasteiger partial charge < -0.3 is 5.32 Å². The zero-order valence-corrected chi connectivity index (χ0v) is 12.0. The maximum absolute atomic E-state index is 12.9. The lowest BCUT2D eigenvalue weighted by molar-refractivity contribution is 0.601. The lowest BCUT2D eigenvalue weighted by Gasteiger charge is -2.12. The smallest absolute Gasteiger partial charge is 0.265 e. The molecular formula is C12H11ClFN3O2S. The first-order valence-corrected chi connectivity index (χ1v) is 7.41. The Morgan fingerprint density at radius 1 is 1.30 bits per heavy atom. The van der Waals surface area contributed by atoms with Gasteiger partial charge in [-0.15, -0.1) is 0 Å². The second kappa shape index (κ2) is 5.64. The molecule has 0 fully saturated rings. The molecular weight excluding hydrogens is 305 g/mol. The number of hydrogen-bond acceptors (Lipinski definition) is 4. The molecule has 1 aromatic heterocycles. The highest BCUT2D eigenvalue weighted by Crippen LogP contribution is 2.27. The number of pyridine rings is 1. The Bertz CT molecular complexity index is 737. The minimum absolute atomic E-state index is 0.0246. The molecule has 8 heteroatoms. The molecule has 106 valence electrons. The molecule has 5 nitrogen and oxygen atoms in total. The summed E-state index contributed by atoms with van der Waals surface area (Å²) in [6, 6.07) is 6.30. The van der Waals surface area contributed by atoms with Crippen LogP contribution >= 0.6 is 11.6 Å². The fourth-order valence-corrected chi connectivity index (χ4v) is 3.08.